The van der Waals surface area contributed by atoms with Crippen LogP contribution in [-0.4, -0.2) is 0 Å². The van der Waals surface area contributed by atoms with Gasteiger partial charge < -0.3 is 4.42 Å². The number of allylic oxidation sites excluding steroid dienone is 2. The highest BCUT2D eigenvalue weighted by atomic mass is 16.3. The summed E-state index contributed by atoms with van der Waals surface area (Å²) < 4.78 is 5.44. The standard InChI is InChI=1S/C13H12O/c1-10(2)7-8-13-12-6-4-3-5-11(12)9-14-13/h3-9H,1H2,2H3. The highest BCUT2D eigenvalue weighted by Crippen LogP contribution is 2.21. The van der Waals surface area contributed by atoms with Crippen molar-refractivity contribution < 1.29 is 4.42 Å². The Morgan fingerprint density at radius 3 is 2.93 bits per heavy atom. The summed E-state index contributed by atoms with van der Waals surface area (Å²) in [5.41, 5.74) is 1.02. The van der Waals surface area contributed by atoms with E-state index in [1.165, 1.54) is 0 Å². The number of fused-ring (bicyclic) bond motifs is 1. The second-order valence-corrected chi connectivity index (χ2v) is 3.37. The predicted molar refractivity (Wildman–Crippen MR) is 60.1 cm³/mol. The van der Waals surface area contributed by atoms with Gasteiger partial charge in [0.15, 0.2) is 0 Å². The van der Waals surface area contributed by atoms with Crippen LogP contribution in [0, 0.1) is 0 Å². The van der Waals surface area contributed by atoms with Crippen LogP contribution in [0.2, 0.25) is 0 Å². The third kappa shape index (κ3) is 1.62. The van der Waals surface area contributed by atoms with Crippen LogP contribution >= 0.6 is 0 Å². The summed E-state index contributed by atoms with van der Waals surface area (Å²) in [6.45, 7) is 5.77. The lowest BCUT2D eigenvalue weighted by molar-refractivity contribution is 0.562. The first-order valence-corrected chi connectivity index (χ1v) is 4.57. The molecule has 1 heteroatoms. The second kappa shape index (κ2) is 3.54. The quantitative estimate of drug-likeness (QED) is 0.642. The highest BCUT2D eigenvalue weighted by Gasteiger charge is 2.00. The van der Waals surface area contributed by atoms with Crippen LogP contribution in [0.25, 0.3) is 16.8 Å². The lowest BCUT2D eigenvalue weighted by atomic mass is 10.2. The van der Waals surface area contributed by atoms with Gasteiger partial charge in [-0.05, 0) is 13.0 Å². The molecule has 2 rings (SSSR count). The van der Waals surface area contributed by atoms with Gasteiger partial charge >= 0.3 is 0 Å². The zero-order valence-corrected chi connectivity index (χ0v) is 8.16. The first-order valence-electron chi connectivity index (χ1n) is 4.57. The van der Waals surface area contributed by atoms with Gasteiger partial charge in [-0.15, -0.1) is 0 Å². The van der Waals surface area contributed by atoms with Crippen LogP contribution in [0.3, 0.4) is 0 Å². The molecule has 70 valence electrons. The molecule has 0 aliphatic carbocycles. The van der Waals surface area contributed by atoms with Crippen molar-refractivity contribution in [3.8, 4) is 0 Å². The molecule has 1 aromatic heterocycles. The maximum Gasteiger partial charge on any atom is 0.134 e. The van der Waals surface area contributed by atoms with Crippen LogP contribution in [0.1, 0.15) is 12.7 Å². The van der Waals surface area contributed by atoms with Crippen molar-refractivity contribution in [1.82, 2.24) is 0 Å². The topological polar surface area (TPSA) is 13.1 Å². The zero-order chi connectivity index (χ0) is 9.97. The minimum absolute atomic E-state index is 0.892. The molecule has 0 saturated heterocycles. The summed E-state index contributed by atoms with van der Waals surface area (Å²) in [5.74, 6) is 0.892. The predicted octanol–water partition coefficient (Wildman–Crippen LogP) is 4.02. The van der Waals surface area contributed by atoms with E-state index >= 15 is 0 Å². The first-order chi connectivity index (χ1) is 6.77. The van der Waals surface area contributed by atoms with E-state index in [0.29, 0.717) is 0 Å². The van der Waals surface area contributed by atoms with Crippen molar-refractivity contribution >= 4 is 16.8 Å². The van der Waals surface area contributed by atoms with Gasteiger partial charge in [0.25, 0.3) is 0 Å². The lowest BCUT2D eigenvalue weighted by Crippen LogP contribution is -1.68. The Bertz CT molecular complexity index is 489. The molecule has 0 radical (unpaired) electrons. The minimum Gasteiger partial charge on any atom is -0.464 e. The number of hydrogen-bond acceptors (Lipinski definition) is 1. The molecule has 0 aliphatic heterocycles. The zero-order valence-electron chi connectivity index (χ0n) is 8.16. The van der Waals surface area contributed by atoms with E-state index in [0.717, 1.165) is 22.1 Å². The highest BCUT2D eigenvalue weighted by molar-refractivity contribution is 5.88. The van der Waals surface area contributed by atoms with Crippen molar-refractivity contribution in [3.63, 3.8) is 0 Å². The molecule has 1 aromatic carbocycles. The van der Waals surface area contributed by atoms with Crippen molar-refractivity contribution in [2.24, 2.45) is 0 Å². The van der Waals surface area contributed by atoms with Gasteiger partial charge in [0.1, 0.15) is 5.76 Å². The fourth-order valence-electron chi connectivity index (χ4n) is 1.36. The van der Waals surface area contributed by atoms with Gasteiger partial charge in [-0.1, -0.05) is 42.5 Å². The Labute approximate surface area is 83.4 Å². The van der Waals surface area contributed by atoms with E-state index in [1.807, 2.05) is 37.3 Å². The van der Waals surface area contributed by atoms with Crippen molar-refractivity contribution in [1.29, 1.82) is 0 Å². The molecular formula is C13H12O. The molecule has 0 fully saturated rings. The van der Waals surface area contributed by atoms with Gasteiger partial charge in [-0.2, -0.15) is 0 Å². The van der Waals surface area contributed by atoms with Crippen LogP contribution in [0.5, 0.6) is 0 Å². The van der Waals surface area contributed by atoms with Crippen molar-refractivity contribution in [2.45, 2.75) is 6.92 Å². The Hall–Kier alpha value is -1.76. The molecule has 0 amide bonds. The van der Waals surface area contributed by atoms with Gasteiger partial charge in [0, 0.05) is 10.8 Å². The molecule has 2 aromatic rings. The van der Waals surface area contributed by atoms with Gasteiger partial charge in [0.05, 0.1) is 6.26 Å². The van der Waals surface area contributed by atoms with Gasteiger partial charge in [-0.3, -0.25) is 0 Å². The van der Waals surface area contributed by atoms with Crippen LogP contribution in [0.15, 0.2) is 53.2 Å². The normalized spacial score (nSPS) is 11.2. The second-order valence-electron chi connectivity index (χ2n) is 3.37. The summed E-state index contributed by atoms with van der Waals surface area (Å²) in [7, 11) is 0. The van der Waals surface area contributed by atoms with E-state index < -0.39 is 0 Å². The maximum atomic E-state index is 5.44. The molecular weight excluding hydrogens is 172 g/mol. The molecule has 0 bridgehead atoms. The van der Waals surface area contributed by atoms with E-state index in [4.69, 9.17) is 4.42 Å². The molecule has 1 heterocycles. The van der Waals surface area contributed by atoms with Crippen molar-refractivity contribution in [2.75, 3.05) is 0 Å². The van der Waals surface area contributed by atoms with Gasteiger partial charge in [0.2, 0.25) is 0 Å². The summed E-state index contributed by atoms with van der Waals surface area (Å²) in [6, 6.07) is 8.11. The molecule has 1 nitrogen and oxygen atoms in total. The number of furan rings is 1. The van der Waals surface area contributed by atoms with E-state index in [2.05, 4.69) is 12.6 Å². The molecule has 14 heavy (non-hydrogen) atoms. The van der Waals surface area contributed by atoms with E-state index in [9.17, 15) is 0 Å². The molecule has 0 N–H and O–H groups in total. The molecule has 0 aliphatic rings. The smallest absolute Gasteiger partial charge is 0.134 e. The summed E-state index contributed by atoms with van der Waals surface area (Å²) in [6.07, 6.45) is 5.67. The summed E-state index contributed by atoms with van der Waals surface area (Å²) in [5, 5.41) is 2.28. The first kappa shape index (κ1) is 8.82. The van der Waals surface area contributed by atoms with E-state index in [-0.39, 0.29) is 0 Å². The third-order valence-corrected chi connectivity index (χ3v) is 2.06. The monoisotopic (exact) mass is 184 g/mol. The van der Waals surface area contributed by atoms with E-state index in [1.54, 1.807) is 6.26 Å². The molecule has 0 unspecified atom stereocenters. The fraction of sp³-hybridized carbons (Fsp3) is 0.0769. The third-order valence-electron chi connectivity index (χ3n) is 2.06. The average molecular weight is 184 g/mol. The largest absolute Gasteiger partial charge is 0.464 e. The average Bonchev–Trinajstić information content (AvgIpc) is 2.58. The Morgan fingerprint density at radius 2 is 2.14 bits per heavy atom. The van der Waals surface area contributed by atoms with Crippen LogP contribution in [-0.2, 0) is 0 Å². The number of benzene rings is 1. The number of hydrogen-bond donors (Lipinski definition) is 0. The number of rotatable bonds is 2. The van der Waals surface area contributed by atoms with Crippen LogP contribution < -0.4 is 0 Å². The maximum absolute atomic E-state index is 5.44. The Balaban J connectivity index is 2.48. The molecule has 0 spiro atoms. The minimum atomic E-state index is 0.892. The Kier molecular flexibility index (Phi) is 2.23. The van der Waals surface area contributed by atoms with Gasteiger partial charge in [-0.25, -0.2) is 0 Å². The summed E-state index contributed by atoms with van der Waals surface area (Å²) in [4.78, 5) is 0. The fourth-order valence-corrected chi connectivity index (χ4v) is 1.36. The molecule has 0 atom stereocenters. The Morgan fingerprint density at radius 1 is 1.36 bits per heavy atom. The summed E-state index contributed by atoms with van der Waals surface area (Å²) >= 11 is 0. The molecule has 0 saturated carbocycles. The van der Waals surface area contributed by atoms with Crippen LogP contribution in [0.4, 0.5) is 0 Å². The SMILES string of the molecule is C=C(C)C=Cc1occ2ccccc12. The lowest BCUT2D eigenvalue weighted by Gasteiger charge is -1.89. The van der Waals surface area contributed by atoms with Crippen molar-refractivity contribution in [3.05, 3.63) is 54.5 Å².